The highest BCUT2D eigenvalue weighted by molar-refractivity contribution is 5.84. The molecule has 4 aliphatic carbocycles. The first-order chi connectivity index (χ1) is 11.3. The molecule has 0 radical (unpaired) electrons. The van der Waals surface area contributed by atoms with E-state index in [1.165, 1.54) is 32.1 Å². The molecule has 0 N–H and O–H groups in total. The molecule has 0 bridgehead atoms. The van der Waals surface area contributed by atoms with Gasteiger partial charge in [-0.1, -0.05) is 18.1 Å². The summed E-state index contributed by atoms with van der Waals surface area (Å²) in [6.45, 7) is 2.15. The number of Topliss-reactive ketones (excluding diaryl/α,β-unsaturated/α-hetero) is 1. The van der Waals surface area contributed by atoms with E-state index < -0.39 is 0 Å². The highest BCUT2D eigenvalue weighted by atomic mass is 16.5. The molecule has 4 fully saturated rings. The van der Waals surface area contributed by atoms with Gasteiger partial charge in [-0.3, -0.25) is 4.79 Å². The molecule has 6 atom stereocenters. The second-order valence-electron chi connectivity index (χ2n) is 8.53. The van der Waals surface area contributed by atoms with Crippen molar-refractivity contribution in [3.8, 4) is 0 Å². The first-order valence-electron chi connectivity index (χ1n) is 9.70. The van der Waals surface area contributed by atoms with Gasteiger partial charge in [0.1, 0.15) is 5.78 Å². The molecule has 1 unspecified atom stereocenters. The standard InChI is InChI=1S/C20H28O3/c21-17-11-20-12-22-9-10-23-18(20)8-7-16(20)15-6-5-13-3-1-2-4-14(13)19(15)17/h5,14-16,18-19H,1-4,6-12H2/t14-,15-,16-,18?,19+,20+/m0/s1. The number of ketones is 1. The van der Waals surface area contributed by atoms with Crippen LogP contribution >= 0.6 is 0 Å². The Morgan fingerprint density at radius 1 is 1.13 bits per heavy atom. The minimum Gasteiger partial charge on any atom is -0.378 e. The first-order valence-corrected chi connectivity index (χ1v) is 9.70. The van der Waals surface area contributed by atoms with Crippen LogP contribution in [-0.2, 0) is 14.3 Å². The summed E-state index contributed by atoms with van der Waals surface area (Å²) in [6.07, 6.45) is 12.1. The van der Waals surface area contributed by atoms with Crippen molar-refractivity contribution in [1.82, 2.24) is 0 Å². The molecule has 3 nitrogen and oxygen atoms in total. The van der Waals surface area contributed by atoms with E-state index in [-0.39, 0.29) is 11.5 Å². The third-order valence-electron chi connectivity index (χ3n) is 7.68. The van der Waals surface area contributed by atoms with E-state index in [0.29, 0.717) is 49.1 Å². The van der Waals surface area contributed by atoms with Crippen LogP contribution in [0.25, 0.3) is 0 Å². The van der Waals surface area contributed by atoms with Crippen LogP contribution in [0, 0.1) is 29.1 Å². The number of carbonyl (C=O) groups excluding carboxylic acids is 1. The van der Waals surface area contributed by atoms with E-state index in [4.69, 9.17) is 9.47 Å². The lowest BCUT2D eigenvalue weighted by atomic mass is 9.52. The van der Waals surface area contributed by atoms with E-state index >= 15 is 0 Å². The quantitative estimate of drug-likeness (QED) is 0.641. The maximum atomic E-state index is 13.2. The van der Waals surface area contributed by atoms with E-state index in [9.17, 15) is 4.79 Å². The topological polar surface area (TPSA) is 35.5 Å². The van der Waals surface area contributed by atoms with Crippen LogP contribution in [0.5, 0.6) is 0 Å². The zero-order valence-electron chi connectivity index (χ0n) is 14.0. The average molecular weight is 316 g/mol. The zero-order valence-corrected chi connectivity index (χ0v) is 14.0. The fraction of sp³-hybridized carbons (Fsp3) is 0.850. The third-order valence-corrected chi connectivity index (χ3v) is 7.68. The SMILES string of the molecule is O=C1C[C@]23COCCOC2CC[C@H]3[C@@H]2CC=C3CCCC[C@@H]3[C@@H]12. The molecule has 0 aromatic rings. The number of rotatable bonds is 0. The molecule has 1 aliphatic heterocycles. The lowest BCUT2D eigenvalue weighted by molar-refractivity contribution is -0.147. The van der Waals surface area contributed by atoms with Crippen molar-refractivity contribution in [2.45, 2.75) is 57.5 Å². The minimum absolute atomic E-state index is 0.00520. The van der Waals surface area contributed by atoms with Crippen LogP contribution in [0.15, 0.2) is 11.6 Å². The highest BCUT2D eigenvalue weighted by Crippen LogP contribution is 2.61. The monoisotopic (exact) mass is 316 g/mol. The van der Waals surface area contributed by atoms with Gasteiger partial charge in [-0.05, 0) is 56.3 Å². The van der Waals surface area contributed by atoms with Crippen LogP contribution in [0.1, 0.15) is 51.4 Å². The minimum atomic E-state index is -0.00520. The molecule has 0 amide bonds. The Labute approximate surface area is 138 Å². The Morgan fingerprint density at radius 3 is 3.04 bits per heavy atom. The van der Waals surface area contributed by atoms with Crippen molar-refractivity contribution < 1.29 is 14.3 Å². The lowest BCUT2D eigenvalue weighted by Gasteiger charge is -2.52. The molecule has 5 aliphatic rings. The van der Waals surface area contributed by atoms with Gasteiger partial charge in [0.2, 0.25) is 0 Å². The summed E-state index contributed by atoms with van der Waals surface area (Å²) in [5, 5.41) is 0. The van der Waals surface area contributed by atoms with Gasteiger partial charge in [0.15, 0.2) is 0 Å². The summed E-state index contributed by atoms with van der Waals surface area (Å²) in [4.78, 5) is 13.2. The maximum absolute atomic E-state index is 13.2. The lowest BCUT2D eigenvalue weighted by Crippen LogP contribution is -2.54. The molecule has 1 spiro atoms. The van der Waals surface area contributed by atoms with Crippen LogP contribution in [0.3, 0.4) is 0 Å². The molecule has 0 aromatic carbocycles. The van der Waals surface area contributed by atoms with Crippen molar-refractivity contribution in [3.63, 3.8) is 0 Å². The van der Waals surface area contributed by atoms with Gasteiger partial charge in [0.25, 0.3) is 0 Å². The normalized spacial score (nSPS) is 49.3. The van der Waals surface area contributed by atoms with Crippen molar-refractivity contribution in [2.24, 2.45) is 29.1 Å². The smallest absolute Gasteiger partial charge is 0.137 e. The zero-order chi connectivity index (χ0) is 15.4. The fourth-order valence-electron chi connectivity index (χ4n) is 6.82. The Morgan fingerprint density at radius 2 is 2.09 bits per heavy atom. The summed E-state index contributed by atoms with van der Waals surface area (Å²) >= 11 is 0. The third kappa shape index (κ3) is 2.05. The van der Waals surface area contributed by atoms with E-state index in [1.54, 1.807) is 5.57 Å². The average Bonchev–Trinajstić information content (AvgIpc) is 2.81. The summed E-state index contributed by atoms with van der Waals surface area (Å²) < 4.78 is 12.0. The second kappa shape index (κ2) is 5.42. The fourth-order valence-corrected chi connectivity index (χ4v) is 6.82. The van der Waals surface area contributed by atoms with E-state index in [2.05, 4.69) is 6.08 Å². The summed E-state index contributed by atoms with van der Waals surface area (Å²) in [5.41, 5.74) is 1.61. The molecule has 1 heterocycles. The van der Waals surface area contributed by atoms with E-state index in [0.717, 1.165) is 19.4 Å². The molecule has 0 aromatic heterocycles. The first kappa shape index (κ1) is 14.7. The van der Waals surface area contributed by atoms with Crippen molar-refractivity contribution in [2.75, 3.05) is 19.8 Å². The number of ether oxygens (including phenoxy) is 2. The Kier molecular flexibility index (Phi) is 3.45. The number of carbonyl (C=O) groups is 1. The molecular formula is C20H28O3. The maximum Gasteiger partial charge on any atom is 0.137 e. The van der Waals surface area contributed by atoms with Crippen LogP contribution < -0.4 is 0 Å². The molecule has 23 heavy (non-hydrogen) atoms. The van der Waals surface area contributed by atoms with Gasteiger partial charge >= 0.3 is 0 Å². The Balaban J connectivity index is 1.52. The molecule has 5 rings (SSSR count). The number of hydrogen-bond donors (Lipinski definition) is 0. The summed E-state index contributed by atoms with van der Waals surface area (Å²) in [5.74, 6) is 2.60. The second-order valence-corrected chi connectivity index (χ2v) is 8.53. The van der Waals surface area contributed by atoms with Crippen LogP contribution in [-0.4, -0.2) is 31.7 Å². The van der Waals surface area contributed by atoms with Gasteiger partial charge in [0, 0.05) is 17.8 Å². The van der Waals surface area contributed by atoms with E-state index in [1.807, 2.05) is 0 Å². The number of allylic oxidation sites excluding steroid dienone is 2. The number of hydrogen-bond acceptors (Lipinski definition) is 3. The Bertz CT molecular complexity index is 539. The van der Waals surface area contributed by atoms with Gasteiger partial charge in [-0.2, -0.15) is 0 Å². The Hall–Kier alpha value is -0.670. The van der Waals surface area contributed by atoms with Crippen molar-refractivity contribution in [3.05, 3.63) is 11.6 Å². The summed E-state index contributed by atoms with van der Waals surface area (Å²) in [7, 11) is 0. The van der Waals surface area contributed by atoms with Gasteiger partial charge < -0.3 is 9.47 Å². The van der Waals surface area contributed by atoms with Crippen LogP contribution in [0.4, 0.5) is 0 Å². The molecule has 3 saturated carbocycles. The van der Waals surface area contributed by atoms with Crippen LogP contribution in [0.2, 0.25) is 0 Å². The van der Waals surface area contributed by atoms with Gasteiger partial charge in [-0.25, -0.2) is 0 Å². The predicted octanol–water partition coefficient (Wildman–Crippen LogP) is 3.52. The van der Waals surface area contributed by atoms with Crippen molar-refractivity contribution in [1.29, 1.82) is 0 Å². The number of fused-ring (bicyclic) bond motifs is 4. The van der Waals surface area contributed by atoms with Gasteiger partial charge in [0.05, 0.1) is 25.9 Å². The summed E-state index contributed by atoms with van der Waals surface area (Å²) in [6, 6.07) is 0. The van der Waals surface area contributed by atoms with Gasteiger partial charge in [-0.15, -0.1) is 0 Å². The highest BCUT2D eigenvalue weighted by Gasteiger charge is 2.61. The largest absolute Gasteiger partial charge is 0.378 e. The molecule has 3 heteroatoms. The molecule has 126 valence electrons. The molecule has 1 saturated heterocycles. The predicted molar refractivity (Wildman–Crippen MR) is 87.0 cm³/mol. The molecular weight excluding hydrogens is 288 g/mol. The van der Waals surface area contributed by atoms with Crippen molar-refractivity contribution >= 4 is 5.78 Å².